The Balaban J connectivity index is 1.92. The number of rotatable bonds is 5. The van der Waals surface area contributed by atoms with E-state index < -0.39 is 0 Å². The predicted molar refractivity (Wildman–Crippen MR) is 71.4 cm³/mol. The lowest BCUT2D eigenvalue weighted by molar-refractivity contribution is 0.414. The third kappa shape index (κ3) is 3.12. The summed E-state index contributed by atoms with van der Waals surface area (Å²) in [6.07, 6.45) is 0. The maximum absolute atomic E-state index is 13.7. The number of nitrogens with zero attached hydrogens (tertiary/aromatic N) is 2. The van der Waals surface area contributed by atoms with Gasteiger partial charge in [-0.15, -0.1) is 0 Å². The molecule has 1 aromatic heterocycles. The number of halogens is 1. The summed E-state index contributed by atoms with van der Waals surface area (Å²) in [6.45, 7) is 2.96. The molecule has 0 aliphatic heterocycles. The lowest BCUT2D eigenvalue weighted by Crippen LogP contribution is -2.14. The van der Waals surface area contributed by atoms with E-state index in [4.69, 9.17) is 4.74 Å². The number of benzene rings is 1. The van der Waals surface area contributed by atoms with E-state index in [1.54, 1.807) is 14.2 Å². The van der Waals surface area contributed by atoms with E-state index in [1.807, 2.05) is 31.2 Å². The molecule has 0 spiro atoms. The van der Waals surface area contributed by atoms with Crippen LogP contribution < -0.4 is 10.1 Å². The largest absolute Gasteiger partial charge is 0.497 e. The van der Waals surface area contributed by atoms with Crippen LogP contribution in [0.4, 0.5) is 4.39 Å². The van der Waals surface area contributed by atoms with Gasteiger partial charge in [-0.25, -0.2) is 4.68 Å². The van der Waals surface area contributed by atoms with Gasteiger partial charge in [-0.2, -0.15) is 9.49 Å². The van der Waals surface area contributed by atoms with Crippen LogP contribution in [0.1, 0.15) is 16.8 Å². The Hall–Kier alpha value is -1.88. The van der Waals surface area contributed by atoms with Crippen LogP contribution >= 0.6 is 0 Å². The summed E-state index contributed by atoms with van der Waals surface area (Å²) in [4.78, 5) is 0. The molecular formula is C14H18FN3O. The molecule has 0 saturated carbocycles. The standard InChI is InChI=1S/C14H18FN3O/c1-10-13(14(15)18(2)17-10)9-16-8-11-4-6-12(19-3)7-5-11/h4-7,16H,8-9H2,1-3H3. The van der Waals surface area contributed by atoms with Gasteiger partial charge in [-0.05, 0) is 24.6 Å². The molecule has 2 rings (SSSR count). The summed E-state index contributed by atoms with van der Waals surface area (Å²) in [6, 6.07) is 7.79. The molecule has 5 heteroatoms. The van der Waals surface area contributed by atoms with Crippen molar-refractivity contribution in [3.05, 3.63) is 47.0 Å². The highest BCUT2D eigenvalue weighted by Crippen LogP contribution is 2.13. The Labute approximate surface area is 112 Å². The first-order chi connectivity index (χ1) is 9.11. The fourth-order valence-corrected chi connectivity index (χ4v) is 1.95. The third-order valence-electron chi connectivity index (χ3n) is 3.06. The second-order valence-electron chi connectivity index (χ2n) is 4.43. The van der Waals surface area contributed by atoms with Crippen molar-refractivity contribution in [3.8, 4) is 5.75 Å². The summed E-state index contributed by atoms with van der Waals surface area (Å²) < 4.78 is 20.1. The van der Waals surface area contributed by atoms with Gasteiger partial charge < -0.3 is 10.1 Å². The molecule has 19 heavy (non-hydrogen) atoms. The Bertz CT molecular complexity index is 549. The normalized spacial score (nSPS) is 10.7. The second-order valence-corrected chi connectivity index (χ2v) is 4.43. The zero-order valence-corrected chi connectivity index (χ0v) is 11.4. The van der Waals surface area contributed by atoms with Crippen LogP contribution in [0.25, 0.3) is 0 Å². The molecule has 0 aliphatic rings. The summed E-state index contributed by atoms with van der Waals surface area (Å²) in [5, 5.41) is 7.26. The lowest BCUT2D eigenvalue weighted by atomic mass is 10.2. The van der Waals surface area contributed by atoms with Crippen LogP contribution in [-0.2, 0) is 20.1 Å². The van der Waals surface area contributed by atoms with E-state index in [2.05, 4.69) is 10.4 Å². The highest BCUT2D eigenvalue weighted by Gasteiger charge is 2.11. The van der Waals surface area contributed by atoms with Crippen molar-refractivity contribution in [2.45, 2.75) is 20.0 Å². The summed E-state index contributed by atoms with van der Waals surface area (Å²) in [7, 11) is 3.25. The van der Waals surface area contributed by atoms with Crippen LogP contribution in [0.2, 0.25) is 0 Å². The van der Waals surface area contributed by atoms with Crippen molar-refractivity contribution >= 4 is 0 Å². The van der Waals surface area contributed by atoms with Gasteiger partial charge in [0.15, 0.2) is 0 Å². The molecule has 0 bridgehead atoms. The Kier molecular flexibility index (Phi) is 4.16. The lowest BCUT2D eigenvalue weighted by Gasteiger charge is -2.05. The number of aryl methyl sites for hydroxylation is 2. The third-order valence-corrected chi connectivity index (χ3v) is 3.06. The molecule has 0 radical (unpaired) electrons. The van der Waals surface area contributed by atoms with Crippen LogP contribution in [0.5, 0.6) is 5.75 Å². The Morgan fingerprint density at radius 1 is 1.26 bits per heavy atom. The van der Waals surface area contributed by atoms with E-state index in [0.717, 1.165) is 17.0 Å². The van der Waals surface area contributed by atoms with Crippen LogP contribution in [-0.4, -0.2) is 16.9 Å². The predicted octanol–water partition coefficient (Wildman–Crippen LogP) is 2.17. The molecule has 1 heterocycles. The van der Waals surface area contributed by atoms with Gasteiger partial charge in [0.2, 0.25) is 5.95 Å². The number of hydrogen-bond acceptors (Lipinski definition) is 3. The van der Waals surface area contributed by atoms with Crippen molar-refractivity contribution in [1.82, 2.24) is 15.1 Å². The minimum absolute atomic E-state index is 0.278. The fourth-order valence-electron chi connectivity index (χ4n) is 1.95. The highest BCUT2D eigenvalue weighted by atomic mass is 19.1. The molecular weight excluding hydrogens is 245 g/mol. The summed E-state index contributed by atoms with van der Waals surface area (Å²) in [5.74, 6) is 0.553. The molecule has 1 aromatic carbocycles. The second kappa shape index (κ2) is 5.84. The van der Waals surface area contributed by atoms with Gasteiger partial charge in [0.1, 0.15) is 5.75 Å². The topological polar surface area (TPSA) is 39.1 Å². The van der Waals surface area contributed by atoms with E-state index in [9.17, 15) is 4.39 Å². The molecule has 4 nitrogen and oxygen atoms in total. The maximum Gasteiger partial charge on any atom is 0.215 e. The molecule has 0 amide bonds. The quantitative estimate of drug-likeness (QED) is 0.898. The van der Waals surface area contributed by atoms with Crippen molar-refractivity contribution in [3.63, 3.8) is 0 Å². The number of hydrogen-bond donors (Lipinski definition) is 1. The molecule has 0 unspecified atom stereocenters. The highest BCUT2D eigenvalue weighted by molar-refractivity contribution is 5.27. The van der Waals surface area contributed by atoms with Crippen molar-refractivity contribution in [2.75, 3.05) is 7.11 Å². The van der Waals surface area contributed by atoms with E-state index in [-0.39, 0.29) is 5.95 Å². The Morgan fingerprint density at radius 3 is 2.47 bits per heavy atom. The zero-order valence-electron chi connectivity index (χ0n) is 11.4. The number of aromatic nitrogens is 2. The molecule has 2 aromatic rings. The molecule has 0 fully saturated rings. The molecule has 0 atom stereocenters. The molecule has 1 N–H and O–H groups in total. The van der Waals surface area contributed by atoms with Gasteiger partial charge in [-0.3, -0.25) is 0 Å². The average molecular weight is 263 g/mol. The molecule has 0 saturated heterocycles. The van der Waals surface area contributed by atoms with Crippen molar-refractivity contribution < 1.29 is 9.13 Å². The number of nitrogens with one attached hydrogen (secondary N) is 1. The SMILES string of the molecule is COc1ccc(CNCc2c(C)nn(C)c2F)cc1. The first kappa shape index (κ1) is 13.5. The van der Waals surface area contributed by atoms with Crippen LogP contribution in [0.15, 0.2) is 24.3 Å². The average Bonchev–Trinajstić information content (AvgIpc) is 2.66. The van der Waals surface area contributed by atoms with Gasteiger partial charge in [0.05, 0.1) is 12.8 Å². The fraction of sp³-hybridized carbons (Fsp3) is 0.357. The Morgan fingerprint density at radius 2 is 1.95 bits per heavy atom. The van der Waals surface area contributed by atoms with Gasteiger partial charge >= 0.3 is 0 Å². The van der Waals surface area contributed by atoms with E-state index >= 15 is 0 Å². The number of ether oxygens (including phenoxy) is 1. The zero-order chi connectivity index (χ0) is 13.8. The van der Waals surface area contributed by atoms with Gasteiger partial charge in [0, 0.05) is 25.7 Å². The van der Waals surface area contributed by atoms with Gasteiger partial charge in [0.25, 0.3) is 0 Å². The smallest absolute Gasteiger partial charge is 0.215 e. The van der Waals surface area contributed by atoms with Crippen molar-refractivity contribution in [1.29, 1.82) is 0 Å². The monoisotopic (exact) mass is 263 g/mol. The maximum atomic E-state index is 13.7. The van der Waals surface area contributed by atoms with E-state index in [0.29, 0.717) is 18.7 Å². The minimum Gasteiger partial charge on any atom is -0.497 e. The first-order valence-electron chi connectivity index (χ1n) is 6.13. The molecule has 0 aliphatic carbocycles. The summed E-state index contributed by atoms with van der Waals surface area (Å²) in [5.41, 5.74) is 2.47. The summed E-state index contributed by atoms with van der Waals surface area (Å²) >= 11 is 0. The van der Waals surface area contributed by atoms with Crippen LogP contribution in [0.3, 0.4) is 0 Å². The first-order valence-corrected chi connectivity index (χ1v) is 6.13. The molecule has 102 valence electrons. The minimum atomic E-state index is -0.278. The van der Waals surface area contributed by atoms with E-state index in [1.165, 1.54) is 4.68 Å². The number of methoxy groups -OCH3 is 1. The van der Waals surface area contributed by atoms with Gasteiger partial charge in [-0.1, -0.05) is 12.1 Å². The van der Waals surface area contributed by atoms with Crippen molar-refractivity contribution in [2.24, 2.45) is 7.05 Å². The van der Waals surface area contributed by atoms with Crippen LogP contribution in [0, 0.1) is 12.9 Å².